The zero-order valence-electron chi connectivity index (χ0n) is 15.7. The summed E-state index contributed by atoms with van der Waals surface area (Å²) in [7, 11) is 0. The van der Waals surface area contributed by atoms with Crippen molar-refractivity contribution in [1.82, 2.24) is 0 Å². The van der Waals surface area contributed by atoms with Crippen LogP contribution in [0.25, 0.3) is 33.0 Å². The Hall–Kier alpha value is -1.27. The van der Waals surface area contributed by atoms with E-state index < -0.39 is 0 Å². The van der Waals surface area contributed by atoms with Crippen LogP contribution in [0.5, 0.6) is 0 Å². The predicted octanol–water partition coefficient (Wildman–Crippen LogP) is 0.823. The minimum absolute atomic E-state index is 0. The largest absolute Gasteiger partial charge is 3.00 e. The van der Waals surface area contributed by atoms with Gasteiger partial charge in [0.25, 0.3) is 0 Å². The zero-order valence-corrected chi connectivity index (χ0v) is 19.7. The summed E-state index contributed by atoms with van der Waals surface area (Å²) in [6, 6.07) is 26.8. The molecule has 0 spiro atoms. The summed E-state index contributed by atoms with van der Waals surface area (Å²) >= 11 is 0. The van der Waals surface area contributed by atoms with Gasteiger partial charge in [-0.3, -0.25) is 0 Å². The second-order valence-electron chi connectivity index (χ2n) is 6.75. The second-order valence-corrected chi connectivity index (χ2v) is 6.75. The molecule has 3 heteroatoms. The first-order valence-electron chi connectivity index (χ1n) is 8.46. The van der Waals surface area contributed by atoms with E-state index in [1.807, 2.05) is 0 Å². The Morgan fingerprint density at radius 3 is 1.56 bits per heavy atom. The van der Waals surface area contributed by atoms with Gasteiger partial charge in [0.1, 0.15) is 0 Å². The molecule has 0 N–H and O–H groups in total. The molecule has 0 aliphatic rings. The Labute approximate surface area is 193 Å². The molecule has 0 aliphatic heterocycles. The first kappa shape index (κ1) is 23.8. The molecule has 0 saturated carbocycles. The molecule has 4 rings (SSSR count). The van der Waals surface area contributed by atoms with Crippen LogP contribution in [0.3, 0.4) is 0 Å². The van der Waals surface area contributed by atoms with E-state index in [1.165, 1.54) is 49.7 Å². The van der Waals surface area contributed by atoms with Crippen LogP contribution in [-0.2, 0) is 26.2 Å². The molecule has 0 nitrogen and oxygen atoms in total. The fraction of sp³-hybridized carbons (Fsp3) is 0.125. The average Bonchev–Trinajstić information content (AvgIpc) is 2.97. The molecule has 0 unspecified atom stereocenters. The van der Waals surface area contributed by atoms with Gasteiger partial charge in [0.2, 0.25) is 0 Å². The molecule has 0 heterocycles. The van der Waals surface area contributed by atoms with E-state index in [2.05, 4.69) is 93.6 Å². The standard InChI is InChI=1S/C24H21.2ClH.Zr/c1-16-4-8-19(9-5-16)21-12-13-22(20-10-6-17(2)7-11-20)24-15-18(3)14-23(21)24;;;/h4-15H,1-3H3;2*1H;/q-1;;;+3/p-2. The molecule has 4 aromatic carbocycles. The van der Waals surface area contributed by atoms with Crippen LogP contribution in [0.4, 0.5) is 0 Å². The number of halogens is 2. The monoisotopic (exact) mass is 469 g/mol. The third-order valence-corrected chi connectivity index (χ3v) is 4.76. The van der Waals surface area contributed by atoms with Crippen molar-refractivity contribution in [3.8, 4) is 22.3 Å². The number of rotatable bonds is 2. The van der Waals surface area contributed by atoms with Crippen LogP contribution in [0.2, 0.25) is 0 Å². The van der Waals surface area contributed by atoms with Crippen LogP contribution >= 0.6 is 0 Å². The van der Waals surface area contributed by atoms with E-state index in [9.17, 15) is 0 Å². The molecule has 0 atom stereocenters. The molecular weight excluding hydrogens is 450 g/mol. The van der Waals surface area contributed by atoms with Gasteiger partial charge in [-0.15, -0.1) is 22.4 Å². The van der Waals surface area contributed by atoms with Gasteiger partial charge < -0.3 is 24.8 Å². The van der Waals surface area contributed by atoms with E-state index in [4.69, 9.17) is 0 Å². The first-order chi connectivity index (χ1) is 11.6. The van der Waals surface area contributed by atoms with Crippen LogP contribution in [0.15, 0.2) is 72.8 Å². The van der Waals surface area contributed by atoms with Gasteiger partial charge in [0.05, 0.1) is 0 Å². The van der Waals surface area contributed by atoms with Gasteiger partial charge in [-0.25, -0.2) is 0 Å². The zero-order chi connectivity index (χ0) is 16.7. The topological polar surface area (TPSA) is 0 Å². The Kier molecular flexibility index (Phi) is 8.61. The Balaban J connectivity index is 0.00000121. The summed E-state index contributed by atoms with van der Waals surface area (Å²) in [5.74, 6) is 0. The molecule has 4 aromatic rings. The minimum Gasteiger partial charge on any atom is -1.00 e. The molecule has 0 amide bonds. The summed E-state index contributed by atoms with van der Waals surface area (Å²) in [5, 5.41) is 2.68. The summed E-state index contributed by atoms with van der Waals surface area (Å²) in [5.41, 5.74) is 9.11. The van der Waals surface area contributed by atoms with Crippen LogP contribution < -0.4 is 24.8 Å². The molecule has 1 radical (unpaired) electrons. The third-order valence-electron chi connectivity index (χ3n) is 4.76. The third kappa shape index (κ3) is 4.78. The molecule has 135 valence electrons. The molecular formula is C24H21Cl2Zr. The van der Waals surface area contributed by atoms with Gasteiger partial charge in [0.15, 0.2) is 0 Å². The van der Waals surface area contributed by atoms with Gasteiger partial charge in [-0.1, -0.05) is 95.4 Å². The fourth-order valence-electron chi connectivity index (χ4n) is 3.41. The average molecular weight is 472 g/mol. The van der Waals surface area contributed by atoms with E-state index in [1.54, 1.807) is 0 Å². The summed E-state index contributed by atoms with van der Waals surface area (Å²) < 4.78 is 0. The summed E-state index contributed by atoms with van der Waals surface area (Å²) in [6.45, 7) is 6.44. The van der Waals surface area contributed by atoms with E-state index >= 15 is 0 Å². The quantitative estimate of drug-likeness (QED) is 0.380. The van der Waals surface area contributed by atoms with Crippen molar-refractivity contribution >= 4 is 10.8 Å². The number of hydrogen-bond acceptors (Lipinski definition) is 0. The fourth-order valence-corrected chi connectivity index (χ4v) is 3.41. The van der Waals surface area contributed by atoms with Crippen molar-refractivity contribution in [2.75, 3.05) is 0 Å². The van der Waals surface area contributed by atoms with Gasteiger partial charge in [0, 0.05) is 0 Å². The SMILES string of the molecule is Cc1ccc(-c2ccc(-c3ccc(C)cc3)c3[cH-]c(C)cc23)cc1.[Cl-].[Cl-].[Zr+3]. The van der Waals surface area contributed by atoms with Crippen LogP contribution in [0, 0.1) is 20.8 Å². The van der Waals surface area contributed by atoms with E-state index in [0.29, 0.717) is 0 Å². The van der Waals surface area contributed by atoms with E-state index in [-0.39, 0.29) is 51.0 Å². The summed E-state index contributed by atoms with van der Waals surface area (Å²) in [6.07, 6.45) is 0. The van der Waals surface area contributed by atoms with Crippen molar-refractivity contribution in [2.45, 2.75) is 20.8 Å². The number of aryl methyl sites for hydroxylation is 3. The van der Waals surface area contributed by atoms with Crippen LogP contribution in [0.1, 0.15) is 16.7 Å². The number of benzene rings is 3. The maximum absolute atomic E-state index is 2.31. The van der Waals surface area contributed by atoms with Crippen molar-refractivity contribution in [3.63, 3.8) is 0 Å². The molecule has 0 aliphatic carbocycles. The Bertz CT molecular complexity index is 930. The maximum Gasteiger partial charge on any atom is 3.00 e. The first-order valence-corrected chi connectivity index (χ1v) is 8.46. The smallest absolute Gasteiger partial charge is 1.00 e. The van der Waals surface area contributed by atoms with Crippen molar-refractivity contribution in [2.24, 2.45) is 0 Å². The predicted molar refractivity (Wildman–Crippen MR) is 105 cm³/mol. The minimum atomic E-state index is 0. The van der Waals surface area contributed by atoms with Gasteiger partial charge in [-0.05, 0) is 19.4 Å². The molecule has 0 saturated heterocycles. The second kappa shape index (κ2) is 9.78. The number of hydrogen-bond donors (Lipinski definition) is 0. The van der Waals surface area contributed by atoms with Crippen molar-refractivity contribution < 1.29 is 51.0 Å². The Morgan fingerprint density at radius 2 is 1.04 bits per heavy atom. The van der Waals surface area contributed by atoms with Crippen molar-refractivity contribution in [3.05, 3.63) is 89.5 Å². The molecule has 0 bridgehead atoms. The maximum atomic E-state index is 2.31. The van der Waals surface area contributed by atoms with E-state index in [0.717, 1.165) is 0 Å². The molecule has 27 heavy (non-hydrogen) atoms. The molecule has 0 fully saturated rings. The molecule has 0 aromatic heterocycles. The Morgan fingerprint density at radius 1 is 0.593 bits per heavy atom. The van der Waals surface area contributed by atoms with Crippen LogP contribution in [-0.4, -0.2) is 0 Å². The summed E-state index contributed by atoms with van der Waals surface area (Å²) in [4.78, 5) is 0. The van der Waals surface area contributed by atoms with Crippen molar-refractivity contribution in [1.29, 1.82) is 0 Å². The number of fused-ring (bicyclic) bond motifs is 1. The van der Waals surface area contributed by atoms with Gasteiger partial charge in [-0.2, -0.15) is 6.07 Å². The van der Waals surface area contributed by atoms with Gasteiger partial charge >= 0.3 is 26.2 Å². The normalized spacial score (nSPS) is 9.89.